The molecule has 0 heterocycles. The van der Waals surface area contributed by atoms with E-state index in [1.165, 1.54) is 0 Å². The summed E-state index contributed by atoms with van der Waals surface area (Å²) in [6, 6.07) is -0.445. The Labute approximate surface area is 109 Å². The highest BCUT2D eigenvalue weighted by molar-refractivity contribution is 7.88. The molecule has 18 heavy (non-hydrogen) atoms. The van der Waals surface area contributed by atoms with E-state index in [0.29, 0.717) is 6.54 Å². The van der Waals surface area contributed by atoms with Gasteiger partial charge < -0.3 is 10.6 Å². The molecule has 0 aliphatic rings. The molecule has 0 rings (SSSR count). The molecule has 0 aromatic heterocycles. The zero-order chi connectivity index (χ0) is 14.4. The van der Waals surface area contributed by atoms with Crippen molar-refractivity contribution in [3.05, 3.63) is 0 Å². The summed E-state index contributed by atoms with van der Waals surface area (Å²) >= 11 is 0. The minimum absolute atomic E-state index is 0.176. The van der Waals surface area contributed by atoms with Gasteiger partial charge in [0.2, 0.25) is 15.9 Å². The van der Waals surface area contributed by atoms with Crippen molar-refractivity contribution in [2.75, 3.05) is 19.3 Å². The fraction of sp³-hybridized carbons (Fsp3) is 0.727. The summed E-state index contributed by atoms with van der Waals surface area (Å²) in [5.41, 5.74) is -0.672. The molecule has 0 saturated carbocycles. The smallest absolute Gasteiger partial charge is 0.237 e. The van der Waals surface area contributed by atoms with Crippen LogP contribution in [-0.2, 0) is 14.8 Å². The van der Waals surface area contributed by atoms with Gasteiger partial charge in [-0.1, -0.05) is 5.92 Å². The normalized spacial score (nSPS) is 13.7. The quantitative estimate of drug-likeness (QED) is 0.522. The van der Waals surface area contributed by atoms with Gasteiger partial charge in [0.25, 0.3) is 0 Å². The average Bonchev–Trinajstić information content (AvgIpc) is 2.19. The van der Waals surface area contributed by atoms with Crippen molar-refractivity contribution in [3.63, 3.8) is 0 Å². The first-order valence-electron chi connectivity index (χ1n) is 5.51. The van der Waals surface area contributed by atoms with Crippen molar-refractivity contribution in [2.45, 2.75) is 32.4 Å². The van der Waals surface area contributed by atoms with Crippen LogP contribution in [0.1, 0.15) is 20.8 Å². The number of hydrogen-bond donors (Lipinski definition) is 3. The van der Waals surface area contributed by atoms with Crippen molar-refractivity contribution in [2.24, 2.45) is 0 Å². The highest BCUT2D eigenvalue weighted by Crippen LogP contribution is 2.02. The largest absolute Gasteiger partial charge is 0.344 e. The van der Waals surface area contributed by atoms with Gasteiger partial charge in [-0.3, -0.25) is 4.79 Å². The maximum absolute atomic E-state index is 11.5. The van der Waals surface area contributed by atoms with Crippen LogP contribution in [0.5, 0.6) is 0 Å². The Kier molecular flexibility index (Phi) is 6.32. The second kappa shape index (κ2) is 6.73. The summed E-state index contributed by atoms with van der Waals surface area (Å²) in [4.78, 5) is 11.5. The first-order valence-corrected chi connectivity index (χ1v) is 7.40. The fourth-order valence-corrected chi connectivity index (χ4v) is 2.41. The minimum atomic E-state index is -3.28. The van der Waals surface area contributed by atoms with E-state index in [1.54, 1.807) is 20.8 Å². The molecule has 0 bridgehead atoms. The van der Waals surface area contributed by atoms with Crippen LogP contribution >= 0.6 is 0 Å². The third-order valence-electron chi connectivity index (χ3n) is 2.07. The maximum atomic E-state index is 11.5. The molecule has 0 aliphatic carbocycles. The lowest BCUT2D eigenvalue weighted by Crippen LogP contribution is -2.53. The molecule has 3 N–H and O–H groups in total. The van der Waals surface area contributed by atoms with Gasteiger partial charge >= 0.3 is 0 Å². The van der Waals surface area contributed by atoms with E-state index in [1.807, 2.05) is 0 Å². The third kappa shape index (κ3) is 8.06. The first kappa shape index (κ1) is 16.9. The van der Waals surface area contributed by atoms with Crippen LogP contribution in [-0.4, -0.2) is 45.3 Å². The lowest BCUT2D eigenvalue weighted by atomic mass is 10.1. The van der Waals surface area contributed by atoms with Gasteiger partial charge in [0.1, 0.15) is 0 Å². The molecular weight excluding hydrogens is 254 g/mol. The summed E-state index contributed by atoms with van der Waals surface area (Å²) in [5.74, 6) is 2.09. The monoisotopic (exact) mass is 275 g/mol. The molecule has 6 nitrogen and oxygen atoms in total. The lowest BCUT2D eigenvalue weighted by molar-refractivity contribution is -0.122. The van der Waals surface area contributed by atoms with Gasteiger partial charge in [0, 0.05) is 12.1 Å². The lowest BCUT2D eigenvalue weighted by Gasteiger charge is -2.27. The van der Waals surface area contributed by atoms with Crippen molar-refractivity contribution in [1.29, 1.82) is 0 Å². The number of nitrogens with one attached hydrogen (secondary N) is 3. The Morgan fingerprint density at radius 1 is 1.44 bits per heavy atom. The van der Waals surface area contributed by atoms with Gasteiger partial charge in [-0.25, -0.2) is 13.1 Å². The zero-order valence-corrected chi connectivity index (χ0v) is 12.0. The molecule has 0 aromatic carbocycles. The van der Waals surface area contributed by atoms with Crippen LogP contribution in [0.15, 0.2) is 0 Å². The predicted molar refractivity (Wildman–Crippen MR) is 71.4 cm³/mol. The van der Waals surface area contributed by atoms with Crippen LogP contribution in [0.4, 0.5) is 0 Å². The Balaban J connectivity index is 4.23. The van der Waals surface area contributed by atoms with Crippen molar-refractivity contribution in [1.82, 2.24) is 15.4 Å². The highest BCUT2D eigenvalue weighted by Gasteiger charge is 2.23. The highest BCUT2D eigenvalue weighted by atomic mass is 32.2. The summed E-state index contributed by atoms with van der Waals surface area (Å²) in [6.45, 7) is 5.64. The number of carbonyl (C=O) groups is 1. The van der Waals surface area contributed by atoms with Gasteiger partial charge in [-0.2, -0.15) is 0 Å². The Morgan fingerprint density at radius 3 is 2.44 bits per heavy atom. The van der Waals surface area contributed by atoms with Gasteiger partial charge in [0.15, 0.2) is 0 Å². The van der Waals surface area contributed by atoms with Crippen molar-refractivity contribution < 1.29 is 13.2 Å². The summed E-state index contributed by atoms with van der Waals surface area (Å²) < 4.78 is 24.7. The summed E-state index contributed by atoms with van der Waals surface area (Å²) in [7, 11) is -3.28. The van der Waals surface area contributed by atoms with Crippen LogP contribution in [0.2, 0.25) is 0 Å². The number of amides is 1. The molecule has 1 unspecified atom stereocenters. The molecule has 0 saturated heterocycles. The summed E-state index contributed by atoms with van der Waals surface area (Å²) in [5, 5.41) is 5.49. The van der Waals surface area contributed by atoms with Gasteiger partial charge in [-0.15, -0.1) is 6.42 Å². The van der Waals surface area contributed by atoms with E-state index in [9.17, 15) is 13.2 Å². The van der Waals surface area contributed by atoms with Crippen molar-refractivity contribution >= 4 is 15.9 Å². The fourth-order valence-electron chi connectivity index (χ4n) is 1.33. The number of sulfonamides is 1. The number of rotatable bonds is 7. The van der Waals surface area contributed by atoms with Crippen LogP contribution < -0.4 is 15.4 Å². The standard InChI is InChI=1S/C11H21N3O3S/c1-6-7-12-10(15)9(2)13-8-11(3,4)14-18(5,16)17/h1,9,13-14H,7-8H2,2-5H3,(H,12,15). The van der Waals surface area contributed by atoms with E-state index in [-0.39, 0.29) is 12.5 Å². The first-order chi connectivity index (χ1) is 8.07. The Bertz CT molecular complexity index is 423. The second-order valence-corrected chi connectivity index (χ2v) is 6.53. The van der Waals surface area contributed by atoms with Crippen LogP contribution in [0.25, 0.3) is 0 Å². The van der Waals surface area contributed by atoms with E-state index >= 15 is 0 Å². The molecular formula is C11H21N3O3S. The SMILES string of the molecule is C#CCNC(=O)C(C)NCC(C)(C)NS(C)(=O)=O. The second-order valence-electron chi connectivity index (χ2n) is 4.78. The maximum Gasteiger partial charge on any atom is 0.237 e. The summed E-state index contributed by atoms with van der Waals surface area (Å²) in [6.07, 6.45) is 6.12. The minimum Gasteiger partial charge on any atom is -0.344 e. The molecule has 0 fully saturated rings. The molecule has 1 amide bonds. The van der Waals surface area contributed by atoms with Crippen LogP contribution in [0, 0.1) is 12.3 Å². The molecule has 1 atom stereocenters. The van der Waals surface area contributed by atoms with E-state index < -0.39 is 21.6 Å². The number of hydrogen-bond acceptors (Lipinski definition) is 4. The molecule has 0 radical (unpaired) electrons. The molecule has 104 valence electrons. The third-order valence-corrected chi connectivity index (χ3v) is 2.99. The predicted octanol–water partition coefficient (Wildman–Crippen LogP) is -0.958. The Morgan fingerprint density at radius 2 is 2.00 bits per heavy atom. The topological polar surface area (TPSA) is 87.3 Å². The average molecular weight is 275 g/mol. The van der Waals surface area contributed by atoms with Crippen LogP contribution in [0.3, 0.4) is 0 Å². The van der Waals surface area contributed by atoms with E-state index in [2.05, 4.69) is 21.3 Å². The Hall–Kier alpha value is -1.10. The zero-order valence-electron chi connectivity index (χ0n) is 11.2. The molecule has 0 spiro atoms. The molecule has 0 aliphatic heterocycles. The van der Waals surface area contributed by atoms with E-state index in [4.69, 9.17) is 6.42 Å². The molecule has 0 aromatic rings. The van der Waals surface area contributed by atoms with Gasteiger partial charge in [0.05, 0.1) is 18.8 Å². The van der Waals surface area contributed by atoms with Crippen molar-refractivity contribution in [3.8, 4) is 12.3 Å². The molecule has 7 heteroatoms. The number of terminal acetylenes is 1. The van der Waals surface area contributed by atoms with Gasteiger partial charge in [-0.05, 0) is 20.8 Å². The number of carbonyl (C=O) groups excluding carboxylic acids is 1. The van der Waals surface area contributed by atoms with E-state index in [0.717, 1.165) is 6.26 Å².